The Morgan fingerprint density at radius 3 is 2.61 bits per heavy atom. The molecule has 2 aliphatic heterocycles. The first-order valence-electron chi connectivity index (χ1n) is 8.22. The van der Waals surface area contributed by atoms with Gasteiger partial charge >= 0.3 is 0 Å². The summed E-state index contributed by atoms with van der Waals surface area (Å²) in [7, 11) is 0. The van der Waals surface area contributed by atoms with E-state index in [0.29, 0.717) is 0 Å². The minimum Gasteiger partial charge on any atom is -0.377 e. The molecule has 4 heterocycles. The predicted molar refractivity (Wildman–Crippen MR) is 86.0 cm³/mol. The number of piperidine rings is 1. The summed E-state index contributed by atoms with van der Waals surface area (Å²) in [5, 5.41) is 0. The maximum absolute atomic E-state index is 6.09. The molecule has 6 nitrogen and oxygen atoms in total. The molecule has 0 aromatic carbocycles. The minimum atomic E-state index is 0.275. The van der Waals surface area contributed by atoms with E-state index in [1.807, 2.05) is 18.6 Å². The summed E-state index contributed by atoms with van der Waals surface area (Å²) in [4.78, 5) is 19.2. The third-order valence-corrected chi connectivity index (χ3v) is 5.27. The van der Waals surface area contributed by atoms with Gasteiger partial charge in [-0.1, -0.05) is 0 Å². The molecular formula is C17H21N5O. The van der Waals surface area contributed by atoms with Crippen LogP contribution >= 0.6 is 0 Å². The molecule has 0 amide bonds. The highest BCUT2D eigenvalue weighted by Crippen LogP contribution is 2.45. The summed E-state index contributed by atoms with van der Waals surface area (Å²) < 4.78 is 6.09. The van der Waals surface area contributed by atoms with Crippen LogP contribution in [0.1, 0.15) is 24.8 Å². The molecule has 0 saturated carbocycles. The third-order valence-electron chi connectivity index (χ3n) is 5.27. The zero-order chi connectivity index (χ0) is 15.5. The Morgan fingerprint density at radius 1 is 1.04 bits per heavy atom. The molecule has 4 rings (SSSR count). The third kappa shape index (κ3) is 2.91. The number of aromatic nitrogens is 4. The van der Waals surface area contributed by atoms with E-state index in [2.05, 4.69) is 24.8 Å². The van der Waals surface area contributed by atoms with Crippen LogP contribution in [-0.2, 0) is 11.2 Å². The molecule has 1 unspecified atom stereocenters. The van der Waals surface area contributed by atoms with Gasteiger partial charge in [-0.15, -0.1) is 0 Å². The van der Waals surface area contributed by atoms with Crippen LogP contribution in [0.4, 0.5) is 5.82 Å². The van der Waals surface area contributed by atoms with Crippen molar-refractivity contribution in [2.45, 2.75) is 31.8 Å². The Kier molecular flexibility index (Phi) is 3.91. The molecule has 2 aromatic heterocycles. The molecule has 2 fully saturated rings. The van der Waals surface area contributed by atoms with Crippen molar-refractivity contribution in [2.24, 2.45) is 5.41 Å². The van der Waals surface area contributed by atoms with Crippen LogP contribution < -0.4 is 4.90 Å². The maximum Gasteiger partial charge on any atom is 0.147 e. The Morgan fingerprint density at radius 2 is 1.87 bits per heavy atom. The van der Waals surface area contributed by atoms with E-state index in [-0.39, 0.29) is 11.5 Å². The van der Waals surface area contributed by atoms with Gasteiger partial charge in [0.25, 0.3) is 0 Å². The lowest BCUT2D eigenvalue weighted by Gasteiger charge is -2.42. The first-order valence-corrected chi connectivity index (χ1v) is 8.22. The van der Waals surface area contributed by atoms with Crippen molar-refractivity contribution in [2.75, 3.05) is 24.6 Å². The lowest BCUT2D eigenvalue weighted by molar-refractivity contribution is 0.0355. The highest BCUT2D eigenvalue weighted by atomic mass is 16.5. The molecule has 2 aromatic rings. The zero-order valence-corrected chi connectivity index (χ0v) is 13.1. The maximum atomic E-state index is 6.09. The van der Waals surface area contributed by atoms with Gasteiger partial charge in [0.1, 0.15) is 12.1 Å². The monoisotopic (exact) mass is 311 g/mol. The van der Waals surface area contributed by atoms with Gasteiger partial charge in [0.05, 0.1) is 12.3 Å². The Balaban J connectivity index is 1.44. The molecule has 1 spiro atoms. The number of rotatable bonds is 3. The van der Waals surface area contributed by atoms with Crippen LogP contribution in [0, 0.1) is 5.41 Å². The average Bonchev–Trinajstić information content (AvgIpc) is 2.99. The second-order valence-corrected chi connectivity index (χ2v) is 6.47. The van der Waals surface area contributed by atoms with Crippen LogP contribution in [-0.4, -0.2) is 45.7 Å². The number of anilines is 1. The number of hydrogen-bond acceptors (Lipinski definition) is 6. The molecule has 0 N–H and O–H groups in total. The van der Waals surface area contributed by atoms with Crippen LogP contribution in [0.15, 0.2) is 37.3 Å². The standard InChI is InChI=1S/C17H21N5O/c1-6-22(16-12-18-4-5-21-16)7-2-17(1)3-8-23-15(17)9-14-10-19-13-20-11-14/h4-5,10-13,15H,1-3,6-9H2. The lowest BCUT2D eigenvalue weighted by Crippen LogP contribution is -2.45. The van der Waals surface area contributed by atoms with Gasteiger partial charge in [0.15, 0.2) is 0 Å². The van der Waals surface area contributed by atoms with Crippen LogP contribution in [0.5, 0.6) is 0 Å². The molecule has 1 atom stereocenters. The fraction of sp³-hybridized carbons (Fsp3) is 0.529. The summed E-state index contributed by atoms with van der Waals surface area (Å²) in [6, 6.07) is 0. The predicted octanol–water partition coefficient (Wildman–Crippen LogP) is 1.88. The molecular weight excluding hydrogens is 290 g/mol. The summed E-state index contributed by atoms with van der Waals surface area (Å²) >= 11 is 0. The number of nitrogens with zero attached hydrogens (tertiary/aromatic N) is 5. The normalized spacial score (nSPS) is 23.3. The minimum absolute atomic E-state index is 0.275. The second-order valence-electron chi connectivity index (χ2n) is 6.47. The first-order chi connectivity index (χ1) is 11.4. The van der Waals surface area contributed by atoms with Crippen LogP contribution in [0.2, 0.25) is 0 Å². The van der Waals surface area contributed by atoms with Crippen molar-refractivity contribution < 1.29 is 4.74 Å². The van der Waals surface area contributed by atoms with E-state index in [1.165, 1.54) is 0 Å². The molecule has 6 heteroatoms. The van der Waals surface area contributed by atoms with Crippen molar-refractivity contribution in [1.82, 2.24) is 19.9 Å². The van der Waals surface area contributed by atoms with Crippen molar-refractivity contribution in [3.8, 4) is 0 Å². The van der Waals surface area contributed by atoms with Gasteiger partial charge in [0, 0.05) is 56.3 Å². The highest BCUT2D eigenvalue weighted by molar-refractivity contribution is 5.36. The van der Waals surface area contributed by atoms with Gasteiger partial charge in [0.2, 0.25) is 0 Å². The largest absolute Gasteiger partial charge is 0.377 e. The molecule has 2 saturated heterocycles. The fourth-order valence-corrected chi connectivity index (χ4v) is 3.87. The van der Waals surface area contributed by atoms with Gasteiger partial charge in [-0.25, -0.2) is 15.0 Å². The fourth-order valence-electron chi connectivity index (χ4n) is 3.87. The van der Waals surface area contributed by atoms with Gasteiger partial charge < -0.3 is 9.64 Å². The van der Waals surface area contributed by atoms with E-state index in [0.717, 1.165) is 56.8 Å². The number of hydrogen-bond donors (Lipinski definition) is 0. The summed E-state index contributed by atoms with van der Waals surface area (Å²) in [6.45, 7) is 2.90. The van der Waals surface area contributed by atoms with Crippen LogP contribution in [0.3, 0.4) is 0 Å². The van der Waals surface area contributed by atoms with Crippen molar-refractivity contribution in [3.63, 3.8) is 0 Å². The first kappa shape index (κ1) is 14.5. The van der Waals surface area contributed by atoms with E-state index in [4.69, 9.17) is 4.74 Å². The molecule has 0 radical (unpaired) electrons. The van der Waals surface area contributed by atoms with E-state index >= 15 is 0 Å². The average molecular weight is 311 g/mol. The smallest absolute Gasteiger partial charge is 0.147 e. The zero-order valence-electron chi connectivity index (χ0n) is 13.1. The summed E-state index contributed by atoms with van der Waals surface area (Å²) in [5.74, 6) is 0.981. The SMILES string of the molecule is c1cnc(N2CCC3(CCOC3Cc3cncnc3)CC2)cn1. The van der Waals surface area contributed by atoms with E-state index in [1.54, 1.807) is 18.7 Å². The number of ether oxygens (including phenoxy) is 1. The summed E-state index contributed by atoms with van der Waals surface area (Å²) in [6.07, 6.45) is 15.3. The van der Waals surface area contributed by atoms with Crippen molar-refractivity contribution in [1.29, 1.82) is 0 Å². The molecule has 23 heavy (non-hydrogen) atoms. The molecule has 0 bridgehead atoms. The molecule has 120 valence electrons. The highest BCUT2D eigenvalue weighted by Gasteiger charge is 2.45. The lowest BCUT2D eigenvalue weighted by atomic mass is 9.71. The van der Waals surface area contributed by atoms with Gasteiger partial charge in [-0.2, -0.15) is 0 Å². The van der Waals surface area contributed by atoms with E-state index in [9.17, 15) is 0 Å². The topological polar surface area (TPSA) is 64.0 Å². The molecule has 0 aliphatic carbocycles. The Bertz CT molecular complexity index is 628. The van der Waals surface area contributed by atoms with Gasteiger partial charge in [-0.05, 0) is 24.8 Å². The van der Waals surface area contributed by atoms with Crippen LogP contribution in [0.25, 0.3) is 0 Å². The Hall–Kier alpha value is -2.08. The second kappa shape index (κ2) is 6.20. The quantitative estimate of drug-likeness (QED) is 0.862. The van der Waals surface area contributed by atoms with Crippen molar-refractivity contribution >= 4 is 5.82 Å². The van der Waals surface area contributed by atoms with Crippen molar-refractivity contribution in [3.05, 3.63) is 42.9 Å². The van der Waals surface area contributed by atoms with Gasteiger partial charge in [-0.3, -0.25) is 4.98 Å². The van der Waals surface area contributed by atoms with E-state index < -0.39 is 0 Å². The Labute approximate surface area is 136 Å². The summed E-state index contributed by atoms with van der Waals surface area (Å²) in [5.41, 5.74) is 1.45. The molecule has 2 aliphatic rings.